The molecule has 1 saturated heterocycles. The summed E-state index contributed by atoms with van der Waals surface area (Å²) in [4.78, 5) is 41.7. The summed E-state index contributed by atoms with van der Waals surface area (Å²) < 4.78 is 1.22. The lowest BCUT2D eigenvalue weighted by Crippen LogP contribution is -2.34. The van der Waals surface area contributed by atoms with Crippen LogP contribution in [0.2, 0.25) is 0 Å². The molecule has 0 bridgehead atoms. The summed E-state index contributed by atoms with van der Waals surface area (Å²) in [6.07, 6.45) is 3.56. The molecule has 1 aliphatic heterocycles. The minimum absolute atomic E-state index is 0.138. The molecule has 2 aromatic heterocycles. The van der Waals surface area contributed by atoms with Gasteiger partial charge in [-0.1, -0.05) is 0 Å². The van der Waals surface area contributed by atoms with Crippen LogP contribution in [0.4, 0.5) is 0 Å². The molecule has 0 saturated carbocycles. The van der Waals surface area contributed by atoms with Crippen molar-refractivity contribution in [2.24, 2.45) is 0 Å². The van der Waals surface area contributed by atoms with Gasteiger partial charge in [-0.25, -0.2) is 0 Å². The molecular weight excluding hydrogens is 320 g/mol. The van der Waals surface area contributed by atoms with Crippen molar-refractivity contribution >= 4 is 28.1 Å². The number of thiazole rings is 1. The number of nitrogens with one attached hydrogen (secondary N) is 1. The average Bonchev–Trinajstić information content (AvgIpc) is 3.13. The van der Waals surface area contributed by atoms with E-state index in [1.54, 1.807) is 10.3 Å². The number of carbonyl (C=O) groups is 2. The van der Waals surface area contributed by atoms with Gasteiger partial charge in [0.15, 0.2) is 10.5 Å². The highest BCUT2D eigenvalue weighted by molar-refractivity contribution is 7.15. The van der Waals surface area contributed by atoms with Gasteiger partial charge in [-0.15, -0.1) is 11.3 Å². The zero-order valence-electron chi connectivity index (χ0n) is 12.3. The molecule has 0 radical (unpaired) electrons. The number of rotatable bonds is 5. The summed E-state index contributed by atoms with van der Waals surface area (Å²) in [6, 6.07) is 0. The van der Waals surface area contributed by atoms with Crippen LogP contribution >= 0.6 is 11.3 Å². The van der Waals surface area contributed by atoms with Crippen LogP contribution in [0, 0.1) is 0 Å². The first kappa shape index (κ1) is 15.5. The number of hydrogen-bond acceptors (Lipinski definition) is 6. The molecule has 2 amide bonds. The third-order valence-corrected chi connectivity index (χ3v) is 4.49. The Morgan fingerprint density at radius 1 is 1.43 bits per heavy atom. The number of nitrogens with zero attached hydrogens (tertiary/aromatic N) is 3. The number of fused-ring (bicyclic) bond motifs is 1. The number of aromatic hydroxyl groups is 1. The van der Waals surface area contributed by atoms with E-state index in [2.05, 4.69) is 10.3 Å². The zero-order valence-corrected chi connectivity index (χ0v) is 13.1. The first-order valence-electron chi connectivity index (χ1n) is 7.32. The van der Waals surface area contributed by atoms with Crippen LogP contribution in [-0.2, 0) is 4.79 Å². The lowest BCUT2D eigenvalue weighted by molar-refractivity contribution is -0.127. The van der Waals surface area contributed by atoms with Crippen molar-refractivity contribution in [2.45, 2.75) is 19.3 Å². The van der Waals surface area contributed by atoms with Crippen LogP contribution in [0.15, 0.2) is 16.4 Å². The molecule has 0 spiro atoms. The van der Waals surface area contributed by atoms with Crippen molar-refractivity contribution in [1.29, 1.82) is 0 Å². The van der Waals surface area contributed by atoms with Gasteiger partial charge in [-0.2, -0.15) is 4.98 Å². The molecule has 2 aromatic rings. The second-order valence-corrected chi connectivity index (χ2v) is 6.14. The zero-order chi connectivity index (χ0) is 16.4. The molecule has 122 valence electrons. The summed E-state index contributed by atoms with van der Waals surface area (Å²) in [5.74, 6) is -1.09. The Balaban J connectivity index is 1.62. The first-order valence-corrected chi connectivity index (χ1v) is 8.20. The predicted octanol–water partition coefficient (Wildman–Crippen LogP) is 0.204. The highest BCUT2D eigenvalue weighted by atomic mass is 32.1. The number of carbonyl (C=O) groups excluding carboxylic acids is 2. The fourth-order valence-corrected chi connectivity index (χ4v) is 3.27. The van der Waals surface area contributed by atoms with Gasteiger partial charge >= 0.3 is 0 Å². The maximum absolute atomic E-state index is 12.2. The second kappa shape index (κ2) is 6.37. The summed E-state index contributed by atoms with van der Waals surface area (Å²) in [5.41, 5.74) is -0.959. The lowest BCUT2D eigenvalue weighted by Gasteiger charge is -2.15. The van der Waals surface area contributed by atoms with Crippen LogP contribution in [0.5, 0.6) is 5.88 Å². The third-order valence-electron chi connectivity index (χ3n) is 3.74. The Bertz CT molecular complexity index is 813. The van der Waals surface area contributed by atoms with Gasteiger partial charge in [-0.3, -0.25) is 18.8 Å². The fourth-order valence-electron chi connectivity index (χ4n) is 2.57. The maximum atomic E-state index is 12.2. The molecule has 9 heteroatoms. The van der Waals surface area contributed by atoms with Gasteiger partial charge in [0.1, 0.15) is 0 Å². The topological polar surface area (TPSA) is 104 Å². The number of aromatic nitrogens is 2. The summed E-state index contributed by atoms with van der Waals surface area (Å²) >= 11 is 1.19. The Labute approximate surface area is 135 Å². The van der Waals surface area contributed by atoms with E-state index < -0.39 is 17.3 Å². The molecule has 2 N–H and O–H groups in total. The van der Waals surface area contributed by atoms with Crippen molar-refractivity contribution in [3.8, 4) is 5.88 Å². The monoisotopic (exact) mass is 336 g/mol. The van der Waals surface area contributed by atoms with E-state index in [1.165, 1.54) is 21.9 Å². The van der Waals surface area contributed by atoms with Gasteiger partial charge < -0.3 is 15.3 Å². The first-order chi connectivity index (χ1) is 11.1. The van der Waals surface area contributed by atoms with Gasteiger partial charge in [-0.05, 0) is 12.8 Å². The van der Waals surface area contributed by atoms with E-state index in [0.717, 1.165) is 13.0 Å². The van der Waals surface area contributed by atoms with Gasteiger partial charge in [0.2, 0.25) is 11.8 Å². The minimum atomic E-state index is -0.659. The van der Waals surface area contributed by atoms with Crippen LogP contribution in [0.25, 0.3) is 4.96 Å². The van der Waals surface area contributed by atoms with E-state index in [1.807, 2.05) is 0 Å². The second-order valence-electron chi connectivity index (χ2n) is 5.26. The molecule has 23 heavy (non-hydrogen) atoms. The SMILES string of the molecule is O=C(NCCCN1CCCC1=O)c1c(O)nc2sccn2c1=O. The molecular formula is C14H16N4O4S. The highest BCUT2D eigenvalue weighted by Crippen LogP contribution is 2.14. The van der Waals surface area contributed by atoms with Crippen LogP contribution < -0.4 is 10.9 Å². The summed E-state index contributed by atoms with van der Waals surface area (Å²) in [7, 11) is 0. The molecule has 0 unspecified atom stereocenters. The van der Waals surface area contributed by atoms with Crippen molar-refractivity contribution < 1.29 is 14.7 Å². The van der Waals surface area contributed by atoms with E-state index in [9.17, 15) is 19.5 Å². The Morgan fingerprint density at radius 2 is 2.26 bits per heavy atom. The standard InChI is InChI=1S/C14H16N4O4S/c19-9-3-1-5-17(9)6-2-4-15-11(20)10-12(21)16-14-18(13(10)22)7-8-23-14/h7-8,21H,1-6H2,(H,15,20). The molecule has 3 rings (SSSR count). The molecule has 1 aliphatic rings. The van der Waals surface area contributed by atoms with E-state index in [0.29, 0.717) is 30.9 Å². The fraction of sp³-hybridized carbons (Fsp3) is 0.429. The van der Waals surface area contributed by atoms with Crippen molar-refractivity contribution in [1.82, 2.24) is 19.6 Å². The predicted molar refractivity (Wildman–Crippen MR) is 83.8 cm³/mol. The largest absolute Gasteiger partial charge is 0.492 e. The van der Waals surface area contributed by atoms with Crippen LogP contribution in [0.1, 0.15) is 29.6 Å². The van der Waals surface area contributed by atoms with Crippen LogP contribution in [0.3, 0.4) is 0 Å². The van der Waals surface area contributed by atoms with E-state index >= 15 is 0 Å². The maximum Gasteiger partial charge on any atom is 0.275 e. The average molecular weight is 336 g/mol. The minimum Gasteiger partial charge on any atom is -0.492 e. The molecule has 0 atom stereocenters. The van der Waals surface area contributed by atoms with Crippen molar-refractivity contribution in [3.05, 3.63) is 27.5 Å². The van der Waals surface area contributed by atoms with E-state index in [-0.39, 0.29) is 11.5 Å². The molecule has 0 aromatic carbocycles. The van der Waals surface area contributed by atoms with E-state index in [4.69, 9.17) is 0 Å². The summed E-state index contributed by atoms with van der Waals surface area (Å²) in [5, 5.41) is 14.1. The number of likely N-dealkylation sites (tertiary alicyclic amines) is 1. The van der Waals surface area contributed by atoms with Crippen molar-refractivity contribution in [2.75, 3.05) is 19.6 Å². The van der Waals surface area contributed by atoms with Gasteiger partial charge in [0.25, 0.3) is 11.5 Å². The highest BCUT2D eigenvalue weighted by Gasteiger charge is 2.21. The van der Waals surface area contributed by atoms with Gasteiger partial charge in [0, 0.05) is 37.6 Å². The van der Waals surface area contributed by atoms with Gasteiger partial charge in [0.05, 0.1) is 0 Å². The molecule has 8 nitrogen and oxygen atoms in total. The van der Waals surface area contributed by atoms with Crippen molar-refractivity contribution in [3.63, 3.8) is 0 Å². The lowest BCUT2D eigenvalue weighted by atomic mass is 10.3. The molecule has 0 aliphatic carbocycles. The smallest absolute Gasteiger partial charge is 0.275 e. The molecule has 1 fully saturated rings. The molecule has 3 heterocycles. The Hall–Kier alpha value is -2.42. The van der Waals surface area contributed by atoms with Crippen LogP contribution in [-0.4, -0.2) is 50.8 Å². The number of amides is 2. The summed E-state index contributed by atoms with van der Waals surface area (Å²) in [6.45, 7) is 1.65. The number of hydrogen-bond donors (Lipinski definition) is 2. The Kier molecular flexibility index (Phi) is 4.28. The normalized spacial score (nSPS) is 14.6. The Morgan fingerprint density at radius 3 is 3.00 bits per heavy atom. The third kappa shape index (κ3) is 3.04. The quantitative estimate of drug-likeness (QED) is 0.759.